The molecular weight excluding hydrogens is 142 g/mol. The number of hydrogen-bond acceptors (Lipinski definition) is 2. The van der Waals surface area contributed by atoms with Crippen molar-refractivity contribution in [3.63, 3.8) is 0 Å². The summed E-state index contributed by atoms with van der Waals surface area (Å²) in [4.78, 5) is 0. The van der Waals surface area contributed by atoms with E-state index in [0.717, 1.165) is 25.7 Å². The average molecular weight is 155 g/mol. The van der Waals surface area contributed by atoms with E-state index < -0.39 is 0 Å². The first-order valence-corrected chi connectivity index (χ1v) is 4.52. The van der Waals surface area contributed by atoms with Crippen LogP contribution in [0.3, 0.4) is 0 Å². The third kappa shape index (κ3) is 0.789. The molecule has 4 rings (SSSR count). The molecule has 0 radical (unpaired) electrons. The highest BCUT2D eigenvalue weighted by Gasteiger charge is 2.48. The summed E-state index contributed by atoms with van der Waals surface area (Å²) in [6, 6.07) is 0.762. The lowest BCUT2D eigenvalue weighted by atomic mass is 9.80. The number of hydrogen-bond donors (Lipinski definition) is 1. The highest BCUT2D eigenvalue weighted by atomic mass is 16.5. The van der Waals surface area contributed by atoms with Crippen molar-refractivity contribution < 1.29 is 9.80 Å². The maximum absolute atomic E-state index is 11.5. The van der Waals surface area contributed by atoms with Gasteiger partial charge in [0.2, 0.25) is 0 Å². The van der Waals surface area contributed by atoms with Crippen LogP contribution in [-0.4, -0.2) is 24.3 Å². The molecule has 0 saturated carbocycles. The largest absolute Gasteiger partial charge is 0.634 e. The van der Waals surface area contributed by atoms with E-state index in [1.807, 2.05) is 0 Å². The standard InChI is InChI=1S/C8H13NO2/c10-9-5-1-7-3-6(9)4-8(2-5)11-7/h5-9H,1-4H2. The van der Waals surface area contributed by atoms with Crippen LogP contribution in [0.1, 0.15) is 25.7 Å². The second kappa shape index (κ2) is 1.97. The Kier molecular flexibility index (Phi) is 1.15. The summed E-state index contributed by atoms with van der Waals surface area (Å²) in [5.74, 6) is 0. The third-order valence-corrected chi connectivity index (χ3v) is 3.38. The number of quaternary nitrogens is 1. The molecule has 4 bridgehead atoms. The van der Waals surface area contributed by atoms with Gasteiger partial charge in [-0.15, -0.1) is 0 Å². The first-order chi connectivity index (χ1) is 5.33. The number of ether oxygens (including phenoxy) is 1. The van der Waals surface area contributed by atoms with Gasteiger partial charge in [-0.3, -0.25) is 0 Å². The zero-order chi connectivity index (χ0) is 7.42. The van der Waals surface area contributed by atoms with Gasteiger partial charge in [0, 0.05) is 25.7 Å². The maximum Gasteiger partial charge on any atom is 0.0924 e. The van der Waals surface area contributed by atoms with Gasteiger partial charge < -0.3 is 15.0 Å². The van der Waals surface area contributed by atoms with Gasteiger partial charge in [-0.1, -0.05) is 0 Å². The summed E-state index contributed by atoms with van der Waals surface area (Å²) in [7, 11) is 0. The van der Waals surface area contributed by atoms with Crippen molar-refractivity contribution in [3.8, 4) is 0 Å². The predicted molar refractivity (Wildman–Crippen MR) is 39.0 cm³/mol. The first-order valence-electron chi connectivity index (χ1n) is 4.52. The Morgan fingerprint density at radius 1 is 1.00 bits per heavy atom. The van der Waals surface area contributed by atoms with Gasteiger partial charge in [0.25, 0.3) is 0 Å². The van der Waals surface area contributed by atoms with Crippen LogP contribution in [0.25, 0.3) is 0 Å². The van der Waals surface area contributed by atoms with E-state index in [1.165, 1.54) is 0 Å². The van der Waals surface area contributed by atoms with Crippen molar-refractivity contribution in [2.45, 2.75) is 50.0 Å². The van der Waals surface area contributed by atoms with E-state index >= 15 is 0 Å². The molecule has 4 fully saturated rings. The number of rotatable bonds is 0. The fourth-order valence-electron chi connectivity index (χ4n) is 2.95. The smallest absolute Gasteiger partial charge is 0.0924 e. The van der Waals surface area contributed by atoms with Gasteiger partial charge in [0.15, 0.2) is 0 Å². The first kappa shape index (κ1) is 6.40. The fourth-order valence-corrected chi connectivity index (χ4v) is 2.95. The van der Waals surface area contributed by atoms with E-state index in [9.17, 15) is 5.21 Å². The molecule has 1 N–H and O–H groups in total. The van der Waals surface area contributed by atoms with Crippen molar-refractivity contribution in [2.24, 2.45) is 0 Å². The zero-order valence-electron chi connectivity index (χ0n) is 6.45. The normalized spacial score (nSPS) is 60.3. The van der Waals surface area contributed by atoms with Gasteiger partial charge in [0.1, 0.15) is 0 Å². The Bertz CT molecular complexity index is 155. The maximum atomic E-state index is 11.5. The predicted octanol–water partition coefficient (Wildman–Crippen LogP) is -0.539. The van der Waals surface area contributed by atoms with Gasteiger partial charge in [-0.25, -0.2) is 0 Å². The van der Waals surface area contributed by atoms with E-state index in [1.54, 1.807) is 0 Å². The van der Waals surface area contributed by atoms with Crippen LogP contribution in [0.5, 0.6) is 0 Å². The molecule has 0 unspecified atom stereocenters. The van der Waals surface area contributed by atoms with E-state index in [-0.39, 0.29) is 0 Å². The topological polar surface area (TPSA) is 36.7 Å². The molecule has 0 atom stereocenters. The molecule has 0 amide bonds. The van der Waals surface area contributed by atoms with Gasteiger partial charge >= 0.3 is 0 Å². The Hall–Kier alpha value is -0.120. The van der Waals surface area contributed by atoms with Crippen LogP contribution < -0.4 is 5.06 Å². The second-order valence-electron chi connectivity index (χ2n) is 4.12. The summed E-state index contributed by atoms with van der Waals surface area (Å²) >= 11 is 0. The number of piperidine rings is 2. The number of nitrogens with one attached hydrogen (secondary N) is 1. The van der Waals surface area contributed by atoms with Crippen LogP contribution in [0.2, 0.25) is 0 Å². The van der Waals surface area contributed by atoms with E-state index in [0.29, 0.717) is 29.4 Å². The molecule has 0 aliphatic carbocycles. The lowest BCUT2D eigenvalue weighted by Gasteiger charge is -2.55. The Balaban J connectivity index is 1.91. The van der Waals surface area contributed by atoms with Gasteiger partial charge in [-0.2, -0.15) is 0 Å². The van der Waals surface area contributed by atoms with Crippen LogP contribution in [0, 0.1) is 5.21 Å². The molecule has 62 valence electrons. The summed E-state index contributed by atoms with van der Waals surface area (Å²) < 4.78 is 5.72. The van der Waals surface area contributed by atoms with Crippen LogP contribution in [0.15, 0.2) is 0 Å². The summed E-state index contributed by atoms with van der Waals surface area (Å²) in [6.07, 6.45) is 4.96. The lowest BCUT2D eigenvalue weighted by molar-refractivity contribution is -0.921. The van der Waals surface area contributed by atoms with Crippen molar-refractivity contribution in [3.05, 3.63) is 5.21 Å². The molecule has 0 aromatic rings. The third-order valence-electron chi connectivity index (χ3n) is 3.38. The minimum atomic E-state index is 0.381. The Morgan fingerprint density at radius 3 is 1.91 bits per heavy atom. The molecule has 11 heavy (non-hydrogen) atoms. The molecule has 4 saturated heterocycles. The Labute approximate surface area is 65.9 Å². The summed E-state index contributed by atoms with van der Waals surface area (Å²) in [5.41, 5.74) is 0. The van der Waals surface area contributed by atoms with Crippen molar-refractivity contribution >= 4 is 0 Å². The minimum absolute atomic E-state index is 0.381. The molecule has 3 heteroatoms. The van der Waals surface area contributed by atoms with Gasteiger partial charge in [-0.05, 0) is 0 Å². The average Bonchev–Trinajstić information content (AvgIpc) is 1.98. The quantitative estimate of drug-likeness (QED) is 0.477. The molecular formula is C8H13NO2. The molecule has 0 spiro atoms. The van der Waals surface area contributed by atoms with E-state index in [4.69, 9.17) is 4.74 Å². The molecule has 4 aliphatic heterocycles. The minimum Gasteiger partial charge on any atom is -0.634 e. The highest BCUT2D eigenvalue weighted by Crippen LogP contribution is 2.33. The van der Waals surface area contributed by atoms with Crippen LogP contribution in [0.4, 0.5) is 0 Å². The summed E-state index contributed by atoms with van der Waals surface area (Å²) in [5, 5.41) is 12.1. The fraction of sp³-hybridized carbons (Fsp3) is 1.00. The van der Waals surface area contributed by atoms with Crippen molar-refractivity contribution in [1.82, 2.24) is 0 Å². The second-order valence-corrected chi connectivity index (χ2v) is 4.12. The highest BCUT2D eigenvalue weighted by molar-refractivity contribution is 4.91. The SMILES string of the molecule is [O-][NH+]1C2CC3CC1CC(C2)O3. The molecule has 3 nitrogen and oxygen atoms in total. The molecule has 0 aromatic carbocycles. The lowest BCUT2D eigenvalue weighted by Crippen LogP contribution is -3.18. The zero-order valence-corrected chi connectivity index (χ0v) is 6.45. The van der Waals surface area contributed by atoms with Crippen LogP contribution >= 0.6 is 0 Å². The van der Waals surface area contributed by atoms with Crippen molar-refractivity contribution in [1.29, 1.82) is 0 Å². The van der Waals surface area contributed by atoms with Crippen molar-refractivity contribution in [2.75, 3.05) is 0 Å². The van der Waals surface area contributed by atoms with E-state index in [2.05, 4.69) is 0 Å². The number of hydroxylamine groups is 2. The molecule has 4 heterocycles. The monoisotopic (exact) mass is 155 g/mol. The van der Waals surface area contributed by atoms with Crippen LogP contribution in [-0.2, 0) is 4.74 Å². The van der Waals surface area contributed by atoms with Gasteiger partial charge in [0.05, 0.1) is 24.3 Å². The summed E-state index contributed by atoms with van der Waals surface area (Å²) in [6.45, 7) is 0. The Morgan fingerprint density at radius 2 is 1.45 bits per heavy atom. The molecule has 0 aromatic heterocycles. The molecule has 4 aliphatic rings.